The third kappa shape index (κ3) is 4.90. The smallest absolute Gasteiger partial charge is 0.219 e. The van der Waals surface area contributed by atoms with Gasteiger partial charge < -0.3 is 19.6 Å². The van der Waals surface area contributed by atoms with Crippen molar-refractivity contribution in [3.05, 3.63) is 48.2 Å². The molecule has 0 spiro atoms. The van der Waals surface area contributed by atoms with E-state index in [1.165, 1.54) is 6.42 Å². The molecule has 6 nitrogen and oxygen atoms in total. The molecular formula is C21H27N3O3. The number of aromatic nitrogens is 1. The zero-order valence-electron chi connectivity index (χ0n) is 16.1. The van der Waals surface area contributed by atoms with Gasteiger partial charge in [-0.1, -0.05) is 19.0 Å². The summed E-state index contributed by atoms with van der Waals surface area (Å²) in [6.45, 7) is 8.78. The highest BCUT2D eigenvalue weighted by Gasteiger charge is 2.25. The Balaban J connectivity index is 1.75. The fraction of sp³-hybridized carbons (Fsp3) is 0.429. The van der Waals surface area contributed by atoms with Gasteiger partial charge in [0.15, 0.2) is 5.84 Å². The number of nitrogens with zero attached hydrogens (tertiary/aromatic N) is 3. The Kier molecular flexibility index (Phi) is 6.16. The molecule has 0 radical (unpaired) electrons. The van der Waals surface area contributed by atoms with Crippen LogP contribution >= 0.6 is 0 Å². The molecule has 2 unspecified atom stereocenters. The molecule has 2 heterocycles. The first-order valence-corrected chi connectivity index (χ1v) is 9.43. The number of hydrogen-bond donors (Lipinski definition) is 1. The van der Waals surface area contributed by atoms with E-state index in [1.807, 2.05) is 37.3 Å². The molecule has 2 atom stereocenters. The highest BCUT2D eigenvalue weighted by Crippen LogP contribution is 2.26. The molecule has 1 saturated heterocycles. The summed E-state index contributed by atoms with van der Waals surface area (Å²) in [5.74, 6) is 3.61. The third-order valence-corrected chi connectivity index (χ3v) is 4.61. The van der Waals surface area contributed by atoms with E-state index in [2.05, 4.69) is 28.9 Å². The van der Waals surface area contributed by atoms with Crippen molar-refractivity contribution in [2.75, 3.05) is 19.7 Å². The average molecular weight is 369 g/mol. The Morgan fingerprint density at radius 3 is 2.44 bits per heavy atom. The van der Waals surface area contributed by atoms with Crippen molar-refractivity contribution in [2.45, 2.75) is 27.2 Å². The van der Waals surface area contributed by atoms with Crippen molar-refractivity contribution in [3.8, 4) is 17.4 Å². The van der Waals surface area contributed by atoms with Crippen molar-refractivity contribution in [2.24, 2.45) is 17.0 Å². The molecule has 27 heavy (non-hydrogen) atoms. The number of hydrogen-bond acceptors (Lipinski definition) is 5. The molecule has 1 fully saturated rings. The van der Waals surface area contributed by atoms with Gasteiger partial charge in [-0.15, -0.1) is 0 Å². The van der Waals surface area contributed by atoms with E-state index in [4.69, 9.17) is 9.47 Å². The monoisotopic (exact) mass is 369 g/mol. The van der Waals surface area contributed by atoms with Crippen LogP contribution in [0.2, 0.25) is 0 Å². The number of piperidine rings is 1. The maximum atomic E-state index is 9.64. The third-order valence-electron chi connectivity index (χ3n) is 4.61. The minimum Gasteiger partial charge on any atom is -0.494 e. The van der Waals surface area contributed by atoms with Crippen molar-refractivity contribution in [1.82, 2.24) is 9.88 Å². The van der Waals surface area contributed by atoms with Crippen LogP contribution in [0.4, 0.5) is 0 Å². The largest absolute Gasteiger partial charge is 0.494 e. The van der Waals surface area contributed by atoms with Crippen LogP contribution < -0.4 is 9.47 Å². The number of oxime groups is 1. The lowest BCUT2D eigenvalue weighted by Gasteiger charge is -2.36. The molecule has 1 aromatic heterocycles. The number of rotatable bonds is 5. The maximum Gasteiger partial charge on any atom is 0.219 e. The zero-order chi connectivity index (χ0) is 19.2. The summed E-state index contributed by atoms with van der Waals surface area (Å²) in [5.41, 5.74) is 0.787. The first-order valence-electron chi connectivity index (χ1n) is 9.43. The Morgan fingerprint density at radius 1 is 1.15 bits per heavy atom. The van der Waals surface area contributed by atoms with Crippen molar-refractivity contribution >= 4 is 5.84 Å². The minimum atomic E-state index is 0.455. The van der Waals surface area contributed by atoms with Gasteiger partial charge in [0.25, 0.3) is 0 Å². The van der Waals surface area contributed by atoms with E-state index in [9.17, 15) is 5.21 Å². The molecule has 0 bridgehead atoms. The van der Waals surface area contributed by atoms with Gasteiger partial charge in [-0.2, -0.15) is 0 Å². The van der Waals surface area contributed by atoms with E-state index in [0.717, 1.165) is 24.4 Å². The van der Waals surface area contributed by atoms with Crippen molar-refractivity contribution < 1.29 is 14.7 Å². The quantitative estimate of drug-likeness (QED) is 0.366. The summed E-state index contributed by atoms with van der Waals surface area (Å²) >= 11 is 0. The van der Waals surface area contributed by atoms with Crippen LogP contribution in [-0.4, -0.2) is 40.6 Å². The lowest BCUT2D eigenvalue weighted by atomic mass is 9.91. The second kappa shape index (κ2) is 8.75. The van der Waals surface area contributed by atoms with E-state index >= 15 is 0 Å². The highest BCUT2D eigenvalue weighted by molar-refractivity contribution is 5.98. The molecule has 0 amide bonds. The molecule has 1 aromatic carbocycles. The van der Waals surface area contributed by atoms with E-state index < -0.39 is 0 Å². The molecule has 1 N–H and O–H groups in total. The van der Waals surface area contributed by atoms with Gasteiger partial charge >= 0.3 is 0 Å². The Morgan fingerprint density at radius 2 is 1.81 bits per heavy atom. The topological polar surface area (TPSA) is 67.2 Å². The van der Waals surface area contributed by atoms with Gasteiger partial charge in [-0.05, 0) is 55.5 Å². The number of amidine groups is 1. The molecule has 0 saturated carbocycles. The summed E-state index contributed by atoms with van der Waals surface area (Å²) in [5, 5.41) is 13.2. The van der Waals surface area contributed by atoms with Gasteiger partial charge in [0, 0.05) is 30.9 Å². The molecule has 6 heteroatoms. The lowest BCUT2D eigenvalue weighted by molar-refractivity contribution is 0.204. The van der Waals surface area contributed by atoms with Crippen LogP contribution in [0.25, 0.3) is 0 Å². The summed E-state index contributed by atoms with van der Waals surface area (Å²) in [7, 11) is 0. The molecule has 1 aliphatic heterocycles. The van der Waals surface area contributed by atoms with Crippen LogP contribution in [0, 0.1) is 11.8 Å². The van der Waals surface area contributed by atoms with Crippen LogP contribution in [0.1, 0.15) is 32.8 Å². The van der Waals surface area contributed by atoms with Gasteiger partial charge in [-0.3, -0.25) is 0 Å². The second-order valence-electron chi connectivity index (χ2n) is 7.16. The summed E-state index contributed by atoms with van der Waals surface area (Å²) < 4.78 is 11.3. The van der Waals surface area contributed by atoms with Crippen LogP contribution in [0.5, 0.6) is 17.4 Å². The molecule has 0 aliphatic carbocycles. The van der Waals surface area contributed by atoms with Crippen molar-refractivity contribution in [1.29, 1.82) is 0 Å². The van der Waals surface area contributed by atoms with Gasteiger partial charge in [0.2, 0.25) is 5.88 Å². The number of pyridine rings is 1. The molecule has 2 aromatic rings. The summed E-state index contributed by atoms with van der Waals surface area (Å²) in [6, 6.07) is 11.0. The molecule has 3 rings (SSSR count). The SMILES string of the molecule is CCOc1ccc(Oc2cc(/C(=N/O)N3CC(C)CC(C)C3)ccn2)cc1. The average Bonchev–Trinajstić information content (AvgIpc) is 2.64. The number of ether oxygens (including phenoxy) is 2. The van der Waals surface area contributed by atoms with E-state index in [-0.39, 0.29) is 0 Å². The van der Waals surface area contributed by atoms with Gasteiger partial charge in [0.1, 0.15) is 11.5 Å². The Labute approximate surface area is 160 Å². The van der Waals surface area contributed by atoms with Crippen molar-refractivity contribution in [3.63, 3.8) is 0 Å². The Bertz CT molecular complexity index is 766. The van der Waals surface area contributed by atoms with Crippen LogP contribution in [-0.2, 0) is 0 Å². The van der Waals surface area contributed by atoms with Gasteiger partial charge in [-0.25, -0.2) is 4.98 Å². The Hall–Kier alpha value is -2.76. The summed E-state index contributed by atoms with van der Waals surface area (Å²) in [6.07, 6.45) is 2.86. The normalized spacial score (nSPS) is 20.4. The first kappa shape index (κ1) is 19.0. The lowest BCUT2D eigenvalue weighted by Crippen LogP contribution is -2.43. The molecule has 1 aliphatic rings. The predicted molar refractivity (Wildman–Crippen MR) is 105 cm³/mol. The number of likely N-dealkylation sites (tertiary alicyclic amines) is 1. The fourth-order valence-electron chi connectivity index (χ4n) is 3.64. The first-order chi connectivity index (χ1) is 13.1. The zero-order valence-corrected chi connectivity index (χ0v) is 16.1. The second-order valence-corrected chi connectivity index (χ2v) is 7.16. The molecule has 144 valence electrons. The standard InChI is InChI=1S/C21H27N3O3/c1-4-26-18-5-7-19(8-6-18)27-20-12-17(9-10-22-20)21(23-25)24-13-15(2)11-16(3)14-24/h5-10,12,15-16,25H,4,11,13-14H2,1-3H3/b23-21-. The van der Waals surface area contributed by atoms with Crippen LogP contribution in [0.3, 0.4) is 0 Å². The fourth-order valence-corrected chi connectivity index (χ4v) is 3.64. The van der Waals surface area contributed by atoms with E-state index in [1.54, 1.807) is 12.3 Å². The molecular weight excluding hydrogens is 342 g/mol. The highest BCUT2D eigenvalue weighted by atomic mass is 16.5. The summed E-state index contributed by atoms with van der Waals surface area (Å²) in [4.78, 5) is 6.41. The predicted octanol–water partition coefficient (Wildman–Crippen LogP) is 4.39. The number of benzene rings is 1. The van der Waals surface area contributed by atoms with Gasteiger partial charge in [0.05, 0.1) is 6.61 Å². The maximum absolute atomic E-state index is 9.64. The minimum absolute atomic E-state index is 0.455. The van der Waals surface area contributed by atoms with Crippen LogP contribution in [0.15, 0.2) is 47.8 Å². The van der Waals surface area contributed by atoms with E-state index in [0.29, 0.717) is 35.9 Å².